The largest absolute Gasteiger partial charge is 0.497 e. The van der Waals surface area contributed by atoms with Crippen LogP contribution in [-0.2, 0) is 13.6 Å². The zero-order valence-electron chi connectivity index (χ0n) is 16.8. The monoisotopic (exact) mass is 415 g/mol. The normalized spacial score (nSPS) is 30.5. The lowest BCUT2D eigenvalue weighted by Gasteiger charge is -2.48. The number of nitrogens with one attached hydrogen (secondary N) is 1. The molecule has 4 aliphatic heterocycles. The Kier molecular flexibility index (Phi) is 5.55. The molecule has 4 fully saturated rings. The average Bonchev–Trinajstić information content (AvgIpc) is 3.30. The highest BCUT2D eigenvalue weighted by molar-refractivity contribution is 7.41. The second-order valence-corrected chi connectivity index (χ2v) is 9.28. The van der Waals surface area contributed by atoms with E-state index >= 15 is 0 Å². The van der Waals surface area contributed by atoms with Gasteiger partial charge in [-0.15, -0.1) is 6.58 Å². The summed E-state index contributed by atoms with van der Waals surface area (Å²) in [5.41, 5.74) is 2.10. The number of fused-ring (bicyclic) bond motifs is 4. The van der Waals surface area contributed by atoms with Crippen LogP contribution in [0.3, 0.4) is 0 Å². The van der Waals surface area contributed by atoms with Crippen LogP contribution in [-0.4, -0.2) is 44.4 Å². The van der Waals surface area contributed by atoms with E-state index in [1.54, 1.807) is 12.0 Å². The Hall–Kier alpha value is -1.56. The molecule has 5 heterocycles. The van der Waals surface area contributed by atoms with Gasteiger partial charge in [-0.25, -0.2) is 0 Å². The van der Waals surface area contributed by atoms with E-state index in [0.717, 1.165) is 35.2 Å². The minimum atomic E-state index is -1.31. The Balaban J connectivity index is 1.54. The first-order valence-corrected chi connectivity index (χ1v) is 11.5. The first kappa shape index (κ1) is 19.4. The Morgan fingerprint density at radius 2 is 2.17 bits per heavy atom. The van der Waals surface area contributed by atoms with Crippen molar-refractivity contribution >= 4 is 19.5 Å². The standard InChI is InChI=1S/C22H27N2O4P/c1-3-15-14-24-9-7-16(15)12-21(24)22(28-29-26-10-11-27-29)18-6-8-23-20-5-4-17(25-2)13-19(18)20/h3-6,8,13,15-16,21-22H,1,7,9-12,14H2,2H3/p+1/t15-,16-,21-,22-/m0/s1. The van der Waals surface area contributed by atoms with Crippen molar-refractivity contribution in [3.63, 3.8) is 0 Å². The van der Waals surface area contributed by atoms with E-state index < -0.39 is 8.60 Å². The van der Waals surface area contributed by atoms with Crippen LogP contribution in [0.25, 0.3) is 10.9 Å². The van der Waals surface area contributed by atoms with E-state index in [0.29, 0.717) is 31.1 Å². The molecule has 5 atom stereocenters. The fourth-order valence-electron chi connectivity index (χ4n) is 5.18. The first-order chi connectivity index (χ1) is 14.3. The second kappa shape index (κ2) is 8.29. The zero-order valence-corrected chi connectivity index (χ0v) is 17.6. The Morgan fingerprint density at radius 3 is 2.90 bits per heavy atom. The third kappa shape index (κ3) is 3.69. The van der Waals surface area contributed by atoms with E-state index in [1.807, 2.05) is 18.3 Å². The van der Waals surface area contributed by atoms with E-state index in [9.17, 15) is 0 Å². The van der Waals surface area contributed by atoms with Crippen LogP contribution >= 0.6 is 8.60 Å². The van der Waals surface area contributed by atoms with E-state index in [4.69, 9.17) is 18.3 Å². The van der Waals surface area contributed by atoms with Crippen molar-refractivity contribution in [2.24, 2.45) is 11.8 Å². The minimum absolute atomic E-state index is 0.0969. The molecule has 0 aliphatic carbocycles. The lowest BCUT2D eigenvalue weighted by Crippen LogP contribution is -3.20. The summed E-state index contributed by atoms with van der Waals surface area (Å²) in [7, 11) is 0.386. The Bertz CT molecular complexity index is 888. The number of nitrogens with zero attached hydrogens (tertiary/aromatic N) is 1. The molecule has 1 N–H and O–H groups in total. The molecule has 1 aromatic carbocycles. The van der Waals surface area contributed by atoms with Gasteiger partial charge < -0.3 is 18.7 Å². The van der Waals surface area contributed by atoms with Crippen molar-refractivity contribution in [2.45, 2.75) is 25.0 Å². The summed E-state index contributed by atoms with van der Waals surface area (Å²) in [6.07, 6.45) is 6.33. The second-order valence-electron chi connectivity index (χ2n) is 8.10. The summed E-state index contributed by atoms with van der Waals surface area (Å²) < 4.78 is 23.5. The van der Waals surface area contributed by atoms with Gasteiger partial charge in [0, 0.05) is 30.3 Å². The zero-order chi connectivity index (χ0) is 19.8. The van der Waals surface area contributed by atoms with E-state index in [2.05, 4.69) is 29.8 Å². The van der Waals surface area contributed by atoms with Gasteiger partial charge in [0.2, 0.25) is 0 Å². The lowest BCUT2D eigenvalue weighted by molar-refractivity contribution is -0.949. The van der Waals surface area contributed by atoms with Gasteiger partial charge in [-0.05, 0) is 35.7 Å². The topological polar surface area (TPSA) is 54.2 Å². The molecular weight excluding hydrogens is 387 g/mol. The number of ether oxygens (including phenoxy) is 1. The van der Waals surface area contributed by atoms with Gasteiger partial charge in [-0.1, -0.05) is 6.08 Å². The number of pyridine rings is 1. The van der Waals surface area contributed by atoms with Crippen molar-refractivity contribution in [1.29, 1.82) is 0 Å². The fourth-order valence-corrected chi connectivity index (χ4v) is 6.26. The number of piperidine rings is 3. The van der Waals surface area contributed by atoms with Crippen LogP contribution in [0.1, 0.15) is 24.5 Å². The molecule has 4 aliphatic rings. The first-order valence-electron chi connectivity index (χ1n) is 10.4. The highest BCUT2D eigenvalue weighted by atomic mass is 31.2. The van der Waals surface area contributed by atoms with Gasteiger partial charge in [-0.2, -0.15) is 0 Å². The maximum Gasteiger partial charge on any atom is 0.333 e. The molecule has 0 radical (unpaired) electrons. The highest BCUT2D eigenvalue weighted by Gasteiger charge is 2.48. The highest BCUT2D eigenvalue weighted by Crippen LogP contribution is 2.50. The van der Waals surface area contributed by atoms with Crippen LogP contribution in [0.15, 0.2) is 43.1 Å². The van der Waals surface area contributed by atoms with Gasteiger partial charge >= 0.3 is 8.60 Å². The SMILES string of the molecule is C=C[C@H]1C[NH+]2CC[C@H]1C[C@H]2[C@@H](OP1OCCO1)c1ccnc2ccc(OC)cc12. The molecule has 6 nitrogen and oxygen atoms in total. The van der Waals surface area contributed by atoms with Crippen LogP contribution in [0.4, 0.5) is 0 Å². The number of rotatable bonds is 6. The summed E-state index contributed by atoms with van der Waals surface area (Å²) in [6.45, 7) is 7.59. The number of hydrogen-bond acceptors (Lipinski definition) is 5. The minimum Gasteiger partial charge on any atom is -0.497 e. The number of methoxy groups -OCH3 is 1. The number of aromatic nitrogens is 1. The molecule has 2 bridgehead atoms. The van der Waals surface area contributed by atoms with Crippen molar-refractivity contribution < 1.29 is 23.2 Å². The maximum absolute atomic E-state index is 6.55. The quantitative estimate of drug-likeness (QED) is 0.581. The molecule has 29 heavy (non-hydrogen) atoms. The van der Waals surface area contributed by atoms with Crippen molar-refractivity contribution in [3.8, 4) is 5.75 Å². The van der Waals surface area contributed by atoms with Crippen molar-refractivity contribution in [3.05, 3.63) is 48.7 Å². The van der Waals surface area contributed by atoms with E-state index in [-0.39, 0.29) is 6.10 Å². The lowest BCUT2D eigenvalue weighted by atomic mass is 9.73. The smallest absolute Gasteiger partial charge is 0.333 e. The Morgan fingerprint density at radius 1 is 1.31 bits per heavy atom. The molecule has 2 aromatic rings. The number of benzene rings is 1. The molecule has 4 saturated heterocycles. The summed E-state index contributed by atoms with van der Waals surface area (Å²) in [6, 6.07) is 8.49. The summed E-state index contributed by atoms with van der Waals surface area (Å²) >= 11 is 0. The maximum atomic E-state index is 6.55. The molecule has 0 saturated carbocycles. The van der Waals surface area contributed by atoms with Gasteiger partial charge in [0.25, 0.3) is 0 Å². The van der Waals surface area contributed by atoms with Crippen LogP contribution in [0.2, 0.25) is 0 Å². The fraction of sp³-hybridized carbons (Fsp3) is 0.500. The van der Waals surface area contributed by atoms with Crippen LogP contribution in [0, 0.1) is 11.8 Å². The number of hydrogen-bond donors (Lipinski definition) is 1. The van der Waals surface area contributed by atoms with E-state index in [1.165, 1.54) is 13.0 Å². The molecule has 0 amide bonds. The average molecular weight is 415 g/mol. The predicted molar refractivity (Wildman–Crippen MR) is 112 cm³/mol. The third-order valence-electron chi connectivity index (χ3n) is 6.65. The van der Waals surface area contributed by atoms with Crippen LogP contribution < -0.4 is 9.64 Å². The molecule has 7 heteroatoms. The predicted octanol–water partition coefficient (Wildman–Crippen LogP) is 3.05. The molecular formula is C22H28N2O4P+. The molecule has 6 rings (SSSR count). The summed E-state index contributed by atoms with van der Waals surface area (Å²) in [5, 5.41) is 1.08. The van der Waals surface area contributed by atoms with Gasteiger partial charge in [0.15, 0.2) is 0 Å². The van der Waals surface area contributed by atoms with Crippen LogP contribution in [0.5, 0.6) is 5.75 Å². The summed E-state index contributed by atoms with van der Waals surface area (Å²) in [5.74, 6) is 2.12. The summed E-state index contributed by atoms with van der Waals surface area (Å²) in [4.78, 5) is 6.16. The van der Waals surface area contributed by atoms with Gasteiger partial charge in [0.05, 0.1) is 38.9 Å². The molecule has 0 spiro atoms. The molecule has 1 aromatic heterocycles. The van der Waals surface area contributed by atoms with Gasteiger partial charge in [0.1, 0.15) is 17.9 Å². The number of quaternary nitrogens is 1. The van der Waals surface area contributed by atoms with Gasteiger partial charge in [-0.3, -0.25) is 9.51 Å². The van der Waals surface area contributed by atoms with Crippen molar-refractivity contribution in [2.75, 3.05) is 33.4 Å². The third-order valence-corrected chi connectivity index (χ3v) is 7.84. The Labute approximate surface area is 172 Å². The molecule has 1 unspecified atom stereocenters. The molecule has 154 valence electrons. The van der Waals surface area contributed by atoms with Crippen molar-refractivity contribution in [1.82, 2.24) is 4.98 Å².